The van der Waals surface area contributed by atoms with Crippen LogP contribution < -0.4 is 4.90 Å². The van der Waals surface area contributed by atoms with Crippen LogP contribution in [0.5, 0.6) is 0 Å². The average molecular weight is 803 g/mol. The number of fused-ring (bicyclic) bond motifs is 9. The predicted molar refractivity (Wildman–Crippen MR) is 266 cm³/mol. The van der Waals surface area contributed by atoms with Crippen LogP contribution in [0.1, 0.15) is 0 Å². The summed E-state index contributed by atoms with van der Waals surface area (Å²) in [5, 5.41) is 11.8. The molecule has 0 aliphatic heterocycles. The molecular weight excluding hydrogens is 765 g/mol. The molecule has 3 heteroatoms. The molecule has 63 heavy (non-hydrogen) atoms. The van der Waals surface area contributed by atoms with E-state index in [4.69, 9.17) is 4.42 Å². The standard InChI is InChI=1S/C60H38N2O/c1-2-15-41(16-3-1)50-31-29-48(37-52(50)46-26-25-39-13-4-6-17-42(39)33-46)61(49-30-32-58-54(38-49)53-35-44-19-8-9-20-45(44)36-59(53)63-58)56-23-12-24-57-60(56)51-21-10-11-22-55(51)62(57)47-28-27-40-14-5-7-18-43(40)34-47/h1-38H. The van der Waals surface area contributed by atoms with E-state index >= 15 is 0 Å². The lowest BCUT2D eigenvalue weighted by atomic mass is 9.92. The number of rotatable bonds is 6. The molecule has 0 saturated heterocycles. The summed E-state index contributed by atoms with van der Waals surface area (Å²) in [5.41, 5.74) is 13.1. The van der Waals surface area contributed by atoms with E-state index < -0.39 is 0 Å². The van der Waals surface area contributed by atoms with E-state index in [1.165, 1.54) is 65.3 Å². The van der Waals surface area contributed by atoms with Gasteiger partial charge >= 0.3 is 0 Å². The average Bonchev–Trinajstić information content (AvgIpc) is 3.88. The van der Waals surface area contributed by atoms with Crippen LogP contribution in [0.3, 0.4) is 0 Å². The molecule has 0 amide bonds. The maximum atomic E-state index is 6.57. The molecule has 2 heterocycles. The molecule has 0 aliphatic carbocycles. The van der Waals surface area contributed by atoms with Crippen LogP contribution in [0.2, 0.25) is 0 Å². The summed E-state index contributed by atoms with van der Waals surface area (Å²) < 4.78 is 9.00. The molecular formula is C60H38N2O. The van der Waals surface area contributed by atoms with Gasteiger partial charge in [-0.25, -0.2) is 0 Å². The van der Waals surface area contributed by atoms with Gasteiger partial charge in [-0.15, -0.1) is 0 Å². The normalized spacial score (nSPS) is 11.8. The lowest BCUT2D eigenvalue weighted by molar-refractivity contribution is 0.669. The number of hydrogen-bond acceptors (Lipinski definition) is 2. The van der Waals surface area contributed by atoms with Crippen LogP contribution in [-0.4, -0.2) is 4.57 Å². The fourth-order valence-electron chi connectivity index (χ4n) is 9.93. The van der Waals surface area contributed by atoms with Gasteiger partial charge in [0, 0.05) is 38.6 Å². The molecule has 11 aromatic carbocycles. The van der Waals surface area contributed by atoms with Gasteiger partial charge in [0.05, 0.1) is 16.7 Å². The SMILES string of the molecule is c1ccc(-c2ccc(N(c3ccc4oc5cc6ccccc6cc5c4c3)c3cccc4c3c3ccccc3n4-c3ccc4ccccc4c3)cc2-c2ccc3ccccc3c2)cc1. The first-order chi connectivity index (χ1) is 31.2. The molecule has 0 N–H and O–H groups in total. The van der Waals surface area contributed by atoms with Gasteiger partial charge in [0.2, 0.25) is 0 Å². The molecule has 2 aromatic heterocycles. The third-order valence-corrected chi connectivity index (χ3v) is 12.9. The monoisotopic (exact) mass is 802 g/mol. The third-order valence-electron chi connectivity index (χ3n) is 12.9. The second-order valence-electron chi connectivity index (χ2n) is 16.5. The van der Waals surface area contributed by atoms with Crippen molar-refractivity contribution in [2.24, 2.45) is 0 Å². The summed E-state index contributed by atoms with van der Waals surface area (Å²) >= 11 is 0. The smallest absolute Gasteiger partial charge is 0.136 e. The first-order valence-corrected chi connectivity index (χ1v) is 21.6. The fourth-order valence-corrected chi connectivity index (χ4v) is 9.93. The maximum absolute atomic E-state index is 6.57. The van der Waals surface area contributed by atoms with Gasteiger partial charge in [0.15, 0.2) is 0 Å². The largest absolute Gasteiger partial charge is 0.456 e. The number of aromatic nitrogens is 1. The topological polar surface area (TPSA) is 21.3 Å². The molecule has 0 atom stereocenters. The Labute approximate surface area is 363 Å². The summed E-state index contributed by atoms with van der Waals surface area (Å²) in [5.74, 6) is 0. The van der Waals surface area contributed by atoms with Gasteiger partial charge in [-0.05, 0) is 133 Å². The molecule has 0 aliphatic rings. The summed E-state index contributed by atoms with van der Waals surface area (Å²) in [7, 11) is 0. The van der Waals surface area contributed by atoms with Crippen LogP contribution in [0.15, 0.2) is 235 Å². The zero-order valence-corrected chi connectivity index (χ0v) is 34.2. The highest BCUT2D eigenvalue weighted by Crippen LogP contribution is 2.47. The highest BCUT2D eigenvalue weighted by Gasteiger charge is 2.23. The fraction of sp³-hybridized carbons (Fsp3) is 0. The van der Waals surface area contributed by atoms with E-state index in [1.807, 2.05) is 0 Å². The first-order valence-electron chi connectivity index (χ1n) is 21.6. The van der Waals surface area contributed by atoms with Gasteiger partial charge in [-0.3, -0.25) is 0 Å². The minimum absolute atomic E-state index is 0.867. The minimum atomic E-state index is 0.867. The molecule has 0 radical (unpaired) electrons. The molecule has 0 spiro atoms. The van der Waals surface area contributed by atoms with Crippen molar-refractivity contribution in [3.63, 3.8) is 0 Å². The maximum Gasteiger partial charge on any atom is 0.136 e. The van der Waals surface area contributed by atoms with Crippen LogP contribution in [0, 0.1) is 0 Å². The van der Waals surface area contributed by atoms with Crippen molar-refractivity contribution in [1.82, 2.24) is 4.57 Å². The van der Waals surface area contributed by atoms with Gasteiger partial charge in [-0.1, -0.05) is 152 Å². The quantitative estimate of drug-likeness (QED) is 0.167. The van der Waals surface area contributed by atoms with E-state index in [-0.39, 0.29) is 0 Å². The van der Waals surface area contributed by atoms with E-state index in [2.05, 4.69) is 240 Å². The van der Waals surface area contributed by atoms with Crippen molar-refractivity contribution in [2.75, 3.05) is 4.90 Å². The third kappa shape index (κ3) is 5.75. The Morgan fingerprint density at radius 1 is 0.333 bits per heavy atom. The van der Waals surface area contributed by atoms with Gasteiger partial charge in [0.25, 0.3) is 0 Å². The van der Waals surface area contributed by atoms with Gasteiger partial charge in [-0.2, -0.15) is 0 Å². The summed E-state index contributed by atoms with van der Waals surface area (Å²) in [6.45, 7) is 0. The Hall–Kier alpha value is -8.40. The second kappa shape index (κ2) is 14.1. The van der Waals surface area contributed by atoms with Crippen LogP contribution >= 0.6 is 0 Å². The summed E-state index contributed by atoms with van der Waals surface area (Å²) in [6.07, 6.45) is 0. The molecule has 294 valence electrons. The van der Waals surface area contributed by atoms with Gasteiger partial charge in [0.1, 0.15) is 11.2 Å². The van der Waals surface area contributed by atoms with Crippen molar-refractivity contribution in [3.05, 3.63) is 231 Å². The van der Waals surface area contributed by atoms with E-state index in [9.17, 15) is 0 Å². The Morgan fingerprint density at radius 2 is 0.952 bits per heavy atom. The molecule has 0 unspecified atom stereocenters. The number of furan rings is 1. The zero-order chi connectivity index (χ0) is 41.4. The number of nitrogens with zero attached hydrogens (tertiary/aromatic N) is 2. The van der Waals surface area contributed by atoms with Crippen LogP contribution in [-0.2, 0) is 0 Å². The molecule has 13 aromatic rings. The summed E-state index contributed by atoms with van der Waals surface area (Å²) in [4.78, 5) is 2.46. The molecule has 0 bridgehead atoms. The Kier molecular flexibility index (Phi) is 7.91. The lowest BCUT2D eigenvalue weighted by Gasteiger charge is -2.28. The molecule has 0 saturated carbocycles. The second-order valence-corrected chi connectivity index (χ2v) is 16.5. The van der Waals surface area contributed by atoms with Crippen molar-refractivity contribution in [1.29, 1.82) is 0 Å². The number of para-hydroxylation sites is 1. The number of hydrogen-bond donors (Lipinski definition) is 0. The van der Waals surface area contributed by atoms with Crippen molar-refractivity contribution in [2.45, 2.75) is 0 Å². The molecule has 13 rings (SSSR count). The lowest BCUT2D eigenvalue weighted by Crippen LogP contribution is -2.11. The Bertz CT molecular complexity index is 3930. The molecule has 0 fully saturated rings. The van der Waals surface area contributed by atoms with E-state index in [1.54, 1.807) is 0 Å². The van der Waals surface area contributed by atoms with Crippen molar-refractivity contribution >= 4 is 93.1 Å². The van der Waals surface area contributed by atoms with Crippen molar-refractivity contribution < 1.29 is 4.42 Å². The van der Waals surface area contributed by atoms with Crippen LogP contribution in [0.25, 0.3) is 104 Å². The van der Waals surface area contributed by atoms with E-state index in [0.29, 0.717) is 0 Å². The zero-order valence-electron chi connectivity index (χ0n) is 34.2. The minimum Gasteiger partial charge on any atom is -0.456 e. The highest BCUT2D eigenvalue weighted by molar-refractivity contribution is 6.18. The van der Waals surface area contributed by atoms with Crippen LogP contribution in [0.4, 0.5) is 17.1 Å². The predicted octanol–water partition coefficient (Wildman–Crippen LogP) is 16.9. The first kappa shape index (κ1) is 35.4. The molecule has 3 nitrogen and oxygen atoms in total. The van der Waals surface area contributed by atoms with Gasteiger partial charge < -0.3 is 13.9 Å². The summed E-state index contributed by atoms with van der Waals surface area (Å²) in [6, 6.07) is 83.8. The highest BCUT2D eigenvalue weighted by atomic mass is 16.3. The van der Waals surface area contributed by atoms with E-state index in [0.717, 1.165) is 55.7 Å². The Morgan fingerprint density at radius 3 is 1.76 bits per heavy atom. The van der Waals surface area contributed by atoms with Crippen molar-refractivity contribution in [3.8, 4) is 27.9 Å². The number of anilines is 3. The number of benzene rings is 11. The Balaban J connectivity index is 1.10.